The van der Waals surface area contributed by atoms with E-state index >= 15 is 0 Å². The van der Waals surface area contributed by atoms with Crippen molar-refractivity contribution in [3.05, 3.63) is 40.8 Å². The maximum Gasteiger partial charge on any atom is 0.259 e. The topological polar surface area (TPSA) is 123 Å². The van der Waals surface area contributed by atoms with E-state index in [2.05, 4.69) is 10.5 Å². The molecule has 0 unspecified atom stereocenters. The average Bonchev–Trinajstić information content (AvgIpc) is 3.53. The summed E-state index contributed by atoms with van der Waals surface area (Å²) in [4.78, 5) is 43.8. The first kappa shape index (κ1) is 26.6. The molecule has 11 heteroatoms. The minimum absolute atomic E-state index is 0.0214. The van der Waals surface area contributed by atoms with Crippen LogP contribution in [0.5, 0.6) is 11.5 Å². The second kappa shape index (κ2) is 10.8. The predicted molar refractivity (Wildman–Crippen MR) is 142 cm³/mol. The monoisotopic (exact) mass is 552 g/mol. The molecule has 2 aromatic rings. The second-order valence-electron chi connectivity index (χ2n) is 11.4. The van der Waals surface area contributed by atoms with Crippen LogP contribution < -0.4 is 14.8 Å². The Labute approximate surface area is 233 Å². The fraction of sp³-hybridized carbons (Fsp3) is 0.586. The van der Waals surface area contributed by atoms with Crippen molar-refractivity contribution in [2.24, 2.45) is 11.3 Å². The number of rotatable bonds is 2. The highest BCUT2D eigenvalue weighted by Gasteiger charge is 2.53. The van der Waals surface area contributed by atoms with Crippen molar-refractivity contribution in [1.82, 2.24) is 20.3 Å². The van der Waals surface area contributed by atoms with Gasteiger partial charge in [0.15, 0.2) is 11.5 Å². The minimum atomic E-state index is -0.497. The SMILES string of the molecule is Cc1noc(C)c1C(=O)N1CCCOc2cccc3c2OC[C@@]2(CNC(=O)C1)CN(C(=O)C1CCOCC1)C[C@@H]32. The molecule has 0 saturated carbocycles. The zero-order valence-electron chi connectivity index (χ0n) is 23.1. The number of nitrogens with one attached hydrogen (secondary N) is 1. The Morgan fingerprint density at radius 3 is 2.70 bits per heavy atom. The molecule has 7 rings (SSSR count). The Kier molecular flexibility index (Phi) is 7.16. The quantitative estimate of drug-likeness (QED) is 0.601. The van der Waals surface area contributed by atoms with E-state index in [0.717, 1.165) is 18.4 Å². The van der Waals surface area contributed by atoms with E-state index in [9.17, 15) is 14.4 Å². The van der Waals surface area contributed by atoms with Gasteiger partial charge in [-0.3, -0.25) is 14.4 Å². The van der Waals surface area contributed by atoms with Crippen molar-refractivity contribution in [3.8, 4) is 11.5 Å². The summed E-state index contributed by atoms with van der Waals surface area (Å²) in [6.45, 7) is 6.90. The van der Waals surface area contributed by atoms with E-state index < -0.39 is 5.41 Å². The number of para-hydroxylation sites is 1. The molecule has 1 N–H and O–H groups in total. The first-order chi connectivity index (χ1) is 19.4. The van der Waals surface area contributed by atoms with Crippen LogP contribution in [0.25, 0.3) is 0 Å². The highest BCUT2D eigenvalue weighted by atomic mass is 16.5. The first-order valence-electron chi connectivity index (χ1n) is 14.1. The summed E-state index contributed by atoms with van der Waals surface area (Å²) in [5, 5.41) is 7.00. The van der Waals surface area contributed by atoms with Gasteiger partial charge in [0.2, 0.25) is 11.8 Å². The molecule has 40 heavy (non-hydrogen) atoms. The number of likely N-dealkylation sites (tertiary alicyclic amines) is 1. The standard InChI is InChI=1S/C29H36N4O7/c1-18-25(19(2)40-31-18)28(36)32-9-4-10-38-23-6-3-5-21-22-13-33(27(35)20-7-11-37-12-8-20)16-29(22,17-39-26(21)23)15-30-24(34)14-32/h3,5-6,20,22H,4,7-17H2,1-2H3,(H,30,34)/t22-,29+/m0/s1. The molecular weight excluding hydrogens is 516 g/mol. The van der Waals surface area contributed by atoms with Gasteiger partial charge < -0.3 is 33.9 Å². The van der Waals surface area contributed by atoms with E-state index in [0.29, 0.717) is 87.5 Å². The predicted octanol–water partition coefficient (Wildman–Crippen LogP) is 2.06. The van der Waals surface area contributed by atoms with Gasteiger partial charge in [-0.2, -0.15) is 0 Å². The van der Waals surface area contributed by atoms with Crippen LogP contribution in [0.1, 0.15) is 52.6 Å². The number of amides is 3. The Balaban J connectivity index is 1.29. The smallest absolute Gasteiger partial charge is 0.259 e. The van der Waals surface area contributed by atoms with Crippen LogP contribution in [-0.2, 0) is 14.3 Å². The van der Waals surface area contributed by atoms with Gasteiger partial charge in [-0.1, -0.05) is 17.3 Å². The number of hydrogen-bond donors (Lipinski definition) is 1. The number of aryl methyl sites for hydroxylation is 2. The molecule has 4 bridgehead atoms. The highest BCUT2D eigenvalue weighted by molar-refractivity contribution is 5.98. The highest BCUT2D eigenvalue weighted by Crippen LogP contribution is 2.52. The summed E-state index contributed by atoms with van der Waals surface area (Å²) in [5.41, 5.74) is 1.39. The van der Waals surface area contributed by atoms with Gasteiger partial charge in [-0.05, 0) is 39.2 Å². The van der Waals surface area contributed by atoms with Crippen molar-refractivity contribution < 1.29 is 33.1 Å². The van der Waals surface area contributed by atoms with Crippen molar-refractivity contribution >= 4 is 17.7 Å². The molecule has 3 amide bonds. The lowest BCUT2D eigenvalue weighted by Crippen LogP contribution is -2.51. The minimum Gasteiger partial charge on any atom is -0.490 e. The third-order valence-electron chi connectivity index (χ3n) is 8.76. The van der Waals surface area contributed by atoms with E-state index in [-0.39, 0.29) is 36.1 Å². The van der Waals surface area contributed by atoms with Gasteiger partial charge in [-0.15, -0.1) is 0 Å². The Morgan fingerprint density at radius 2 is 1.93 bits per heavy atom. The number of carbonyl (C=O) groups excluding carboxylic acids is 3. The Hall–Kier alpha value is -3.60. The number of carbonyl (C=O) groups is 3. The zero-order chi connectivity index (χ0) is 27.9. The van der Waals surface area contributed by atoms with E-state index in [1.165, 1.54) is 4.90 Å². The fourth-order valence-electron chi connectivity index (χ4n) is 6.58. The van der Waals surface area contributed by atoms with Gasteiger partial charge in [-0.25, -0.2) is 0 Å². The molecular formula is C29H36N4O7. The van der Waals surface area contributed by atoms with E-state index in [4.69, 9.17) is 18.7 Å². The third-order valence-corrected chi connectivity index (χ3v) is 8.76. The van der Waals surface area contributed by atoms with Gasteiger partial charge >= 0.3 is 0 Å². The number of ether oxygens (including phenoxy) is 3. The second-order valence-corrected chi connectivity index (χ2v) is 11.4. The number of hydrogen-bond acceptors (Lipinski definition) is 8. The summed E-state index contributed by atoms with van der Waals surface area (Å²) >= 11 is 0. The van der Waals surface area contributed by atoms with Gasteiger partial charge in [0.05, 0.1) is 25.5 Å². The van der Waals surface area contributed by atoms with Crippen molar-refractivity contribution in [1.29, 1.82) is 0 Å². The van der Waals surface area contributed by atoms with Crippen LogP contribution in [0.3, 0.4) is 0 Å². The maximum atomic E-state index is 13.6. The molecule has 6 heterocycles. The van der Waals surface area contributed by atoms with Crippen LogP contribution in [-0.4, -0.2) is 91.8 Å². The number of benzene rings is 1. The molecule has 0 aliphatic carbocycles. The normalized spacial score (nSPS) is 25.4. The summed E-state index contributed by atoms with van der Waals surface area (Å²) in [6, 6.07) is 5.89. The molecule has 5 aliphatic heterocycles. The molecule has 0 radical (unpaired) electrons. The van der Waals surface area contributed by atoms with E-state index in [1.54, 1.807) is 13.8 Å². The lowest BCUT2D eigenvalue weighted by molar-refractivity contribution is -0.137. The fourth-order valence-corrected chi connectivity index (χ4v) is 6.58. The zero-order valence-corrected chi connectivity index (χ0v) is 23.1. The van der Waals surface area contributed by atoms with Crippen LogP contribution in [0.4, 0.5) is 0 Å². The summed E-state index contributed by atoms with van der Waals surface area (Å²) in [5.74, 6) is 1.30. The van der Waals surface area contributed by atoms with Crippen molar-refractivity contribution in [2.45, 2.75) is 39.0 Å². The average molecular weight is 553 g/mol. The lowest BCUT2D eigenvalue weighted by Gasteiger charge is -2.40. The Morgan fingerprint density at radius 1 is 1.10 bits per heavy atom. The molecule has 5 aliphatic rings. The van der Waals surface area contributed by atoms with Crippen LogP contribution >= 0.6 is 0 Å². The van der Waals surface area contributed by atoms with Crippen molar-refractivity contribution in [3.63, 3.8) is 0 Å². The van der Waals surface area contributed by atoms with Gasteiger partial charge in [0.25, 0.3) is 5.91 Å². The lowest BCUT2D eigenvalue weighted by atomic mass is 9.73. The summed E-state index contributed by atoms with van der Waals surface area (Å²) < 4.78 is 23.2. The number of nitrogens with zero attached hydrogens (tertiary/aromatic N) is 3. The first-order valence-corrected chi connectivity index (χ1v) is 14.1. The van der Waals surface area contributed by atoms with Crippen LogP contribution in [0, 0.1) is 25.2 Å². The Bertz CT molecular complexity index is 1280. The number of fused-ring (bicyclic) bond motifs is 9. The molecule has 1 aromatic carbocycles. The van der Waals surface area contributed by atoms with Crippen molar-refractivity contribution in [2.75, 3.05) is 59.2 Å². The molecule has 1 aromatic heterocycles. The maximum absolute atomic E-state index is 13.6. The third kappa shape index (κ3) is 4.80. The van der Waals surface area contributed by atoms with Gasteiger partial charge in [0, 0.05) is 62.2 Å². The van der Waals surface area contributed by atoms with Crippen LogP contribution in [0.15, 0.2) is 22.7 Å². The summed E-state index contributed by atoms with van der Waals surface area (Å²) in [7, 11) is 0. The molecule has 2 saturated heterocycles. The van der Waals surface area contributed by atoms with E-state index in [1.807, 2.05) is 23.1 Å². The summed E-state index contributed by atoms with van der Waals surface area (Å²) in [6.07, 6.45) is 1.97. The molecule has 2 atom stereocenters. The number of aromatic nitrogens is 1. The molecule has 11 nitrogen and oxygen atoms in total. The molecule has 1 spiro atoms. The molecule has 214 valence electrons. The largest absolute Gasteiger partial charge is 0.490 e. The van der Waals surface area contributed by atoms with Crippen LogP contribution in [0.2, 0.25) is 0 Å². The molecule has 2 fully saturated rings. The van der Waals surface area contributed by atoms with Gasteiger partial charge in [0.1, 0.15) is 11.3 Å².